The lowest BCUT2D eigenvalue weighted by atomic mass is 10.3. The molecule has 0 radical (unpaired) electrons. The van der Waals surface area contributed by atoms with Crippen molar-refractivity contribution in [2.45, 2.75) is 6.54 Å². The lowest BCUT2D eigenvalue weighted by Crippen LogP contribution is -2.27. The van der Waals surface area contributed by atoms with Crippen molar-refractivity contribution in [1.82, 2.24) is 9.55 Å². The molecule has 0 spiro atoms. The second-order valence-corrected chi connectivity index (χ2v) is 6.23. The molecule has 0 unspecified atom stereocenters. The molecular weight excluding hydrogens is 345 g/mol. The molecule has 1 N–H and O–H groups in total. The summed E-state index contributed by atoms with van der Waals surface area (Å²) in [6, 6.07) is 6.45. The highest BCUT2D eigenvalue weighted by Gasteiger charge is 2.10. The molecule has 8 heteroatoms. The van der Waals surface area contributed by atoms with Gasteiger partial charge >= 0.3 is 0 Å². The van der Waals surface area contributed by atoms with Gasteiger partial charge in [0.25, 0.3) is 5.56 Å². The summed E-state index contributed by atoms with van der Waals surface area (Å²) in [4.78, 5) is 29.1. The third-order valence-electron chi connectivity index (χ3n) is 2.97. The maximum absolute atomic E-state index is 12.2. The van der Waals surface area contributed by atoms with Crippen LogP contribution >= 0.6 is 34.5 Å². The Labute approximate surface area is 139 Å². The van der Waals surface area contributed by atoms with Crippen molar-refractivity contribution in [1.29, 1.82) is 0 Å². The summed E-state index contributed by atoms with van der Waals surface area (Å²) in [5.74, 6) is -0.372. The van der Waals surface area contributed by atoms with Crippen LogP contribution in [0.15, 0.2) is 40.8 Å². The molecule has 0 aliphatic heterocycles. The normalized spacial score (nSPS) is 10.8. The highest BCUT2D eigenvalue weighted by atomic mass is 35.5. The first-order chi connectivity index (χ1) is 10.5. The second-order valence-electron chi connectivity index (χ2n) is 4.49. The SMILES string of the molecule is O=C(Cn1cnc2sccc2c1=O)Nc1ccc(Cl)cc1Cl. The van der Waals surface area contributed by atoms with E-state index in [0.29, 0.717) is 25.9 Å². The van der Waals surface area contributed by atoms with Gasteiger partial charge in [0.2, 0.25) is 5.91 Å². The van der Waals surface area contributed by atoms with E-state index in [1.54, 1.807) is 23.6 Å². The highest BCUT2D eigenvalue weighted by Crippen LogP contribution is 2.25. The number of anilines is 1. The molecule has 2 heterocycles. The van der Waals surface area contributed by atoms with Gasteiger partial charge in [-0.2, -0.15) is 0 Å². The number of hydrogen-bond donors (Lipinski definition) is 1. The van der Waals surface area contributed by atoms with Crippen molar-refractivity contribution in [2.24, 2.45) is 0 Å². The molecule has 0 atom stereocenters. The number of aromatic nitrogens is 2. The van der Waals surface area contributed by atoms with Crippen LogP contribution in [0.25, 0.3) is 10.2 Å². The van der Waals surface area contributed by atoms with E-state index in [-0.39, 0.29) is 18.0 Å². The predicted octanol–water partition coefficient (Wildman–Crippen LogP) is 3.40. The fourth-order valence-electron chi connectivity index (χ4n) is 1.94. The number of benzene rings is 1. The molecule has 1 aromatic carbocycles. The average molecular weight is 354 g/mol. The minimum absolute atomic E-state index is 0.142. The van der Waals surface area contributed by atoms with Gasteiger partial charge in [0.15, 0.2) is 0 Å². The Morgan fingerprint density at radius 1 is 1.32 bits per heavy atom. The molecule has 2 aromatic heterocycles. The molecule has 0 aliphatic rings. The van der Waals surface area contributed by atoms with Crippen LogP contribution in [0, 0.1) is 0 Å². The van der Waals surface area contributed by atoms with E-state index in [2.05, 4.69) is 10.3 Å². The zero-order valence-corrected chi connectivity index (χ0v) is 13.4. The van der Waals surface area contributed by atoms with Gasteiger partial charge in [-0.1, -0.05) is 23.2 Å². The van der Waals surface area contributed by atoms with Gasteiger partial charge in [-0.15, -0.1) is 11.3 Å². The standard InChI is InChI=1S/C14H9Cl2N3O2S/c15-8-1-2-11(10(16)5-8)18-12(20)6-19-7-17-13-9(14(19)21)3-4-22-13/h1-5,7H,6H2,(H,18,20). The van der Waals surface area contributed by atoms with Crippen LogP contribution in [-0.4, -0.2) is 15.5 Å². The number of halogens is 2. The van der Waals surface area contributed by atoms with E-state index in [1.165, 1.54) is 28.3 Å². The van der Waals surface area contributed by atoms with Gasteiger partial charge in [-0.25, -0.2) is 4.98 Å². The number of thiophene rings is 1. The largest absolute Gasteiger partial charge is 0.323 e. The molecular formula is C14H9Cl2N3O2S. The van der Waals surface area contributed by atoms with Gasteiger partial charge in [-0.3, -0.25) is 14.2 Å². The first-order valence-electron chi connectivity index (χ1n) is 6.22. The topological polar surface area (TPSA) is 64.0 Å². The summed E-state index contributed by atoms with van der Waals surface area (Å²) in [5, 5.41) is 5.74. The number of fused-ring (bicyclic) bond motifs is 1. The quantitative estimate of drug-likeness (QED) is 0.784. The Bertz CT molecular complexity index is 920. The van der Waals surface area contributed by atoms with Gasteiger partial charge < -0.3 is 5.32 Å². The van der Waals surface area contributed by atoms with Crippen LogP contribution in [0.3, 0.4) is 0 Å². The van der Waals surface area contributed by atoms with Crippen LogP contribution in [0.5, 0.6) is 0 Å². The maximum atomic E-state index is 12.2. The van der Waals surface area contributed by atoms with E-state index < -0.39 is 0 Å². The highest BCUT2D eigenvalue weighted by molar-refractivity contribution is 7.16. The number of nitrogens with zero attached hydrogens (tertiary/aromatic N) is 2. The lowest BCUT2D eigenvalue weighted by molar-refractivity contribution is -0.116. The number of carbonyl (C=O) groups excluding carboxylic acids is 1. The van der Waals surface area contributed by atoms with Crippen molar-refractivity contribution in [2.75, 3.05) is 5.32 Å². The van der Waals surface area contributed by atoms with Crippen LogP contribution in [-0.2, 0) is 11.3 Å². The molecule has 0 aliphatic carbocycles. The minimum atomic E-state index is -0.372. The molecule has 112 valence electrons. The van der Waals surface area contributed by atoms with Gasteiger partial charge in [0, 0.05) is 5.02 Å². The first kappa shape index (κ1) is 15.0. The fraction of sp³-hybridized carbons (Fsp3) is 0.0714. The number of rotatable bonds is 3. The van der Waals surface area contributed by atoms with Gasteiger partial charge in [-0.05, 0) is 29.6 Å². The van der Waals surface area contributed by atoms with Crippen LogP contribution in [0.1, 0.15) is 0 Å². The van der Waals surface area contributed by atoms with Crippen LogP contribution < -0.4 is 10.9 Å². The Morgan fingerprint density at radius 2 is 2.14 bits per heavy atom. The molecule has 1 amide bonds. The van der Waals surface area contributed by atoms with E-state index >= 15 is 0 Å². The van der Waals surface area contributed by atoms with E-state index in [1.807, 2.05) is 0 Å². The summed E-state index contributed by atoms with van der Waals surface area (Å²) < 4.78 is 1.26. The summed E-state index contributed by atoms with van der Waals surface area (Å²) in [6.45, 7) is -0.142. The number of nitrogens with one attached hydrogen (secondary N) is 1. The Hall–Kier alpha value is -1.89. The summed E-state index contributed by atoms with van der Waals surface area (Å²) >= 11 is 13.2. The number of amides is 1. The molecule has 0 saturated heterocycles. The predicted molar refractivity (Wildman–Crippen MR) is 89.0 cm³/mol. The summed E-state index contributed by atoms with van der Waals surface area (Å²) in [5.41, 5.74) is 0.192. The van der Waals surface area contributed by atoms with Crippen molar-refractivity contribution in [3.05, 3.63) is 56.4 Å². The molecule has 0 saturated carbocycles. The van der Waals surface area contributed by atoms with Gasteiger partial charge in [0.05, 0.1) is 22.4 Å². The van der Waals surface area contributed by atoms with E-state index in [0.717, 1.165) is 0 Å². The smallest absolute Gasteiger partial charge is 0.262 e. The van der Waals surface area contributed by atoms with Gasteiger partial charge in [0.1, 0.15) is 11.4 Å². The number of carbonyl (C=O) groups is 1. The average Bonchev–Trinajstić information content (AvgIpc) is 2.94. The van der Waals surface area contributed by atoms with E-state index in [4.69, 9.17) is 23.2 Å². The third kappa shape index (κ3) is 2.99. The Kier molecular flexibility index (Phi) is 4.15. The zero-order valence-electron chi connectivity index (χ0n) is 11.0. The second kappa shape index (κ2) is 6.08. The molecule has 0 bridgehead atoms. The summed E-state index contributed by atoms with van der Waals surface area (Å²) in [7, 11) is 0. The summed E-state index contributed by atoms with van der Waals surface area (Å²) in [6.07, 6.45) is 1.37. The minimum Gasteiger partial charge on any atom is -0.323 e. The van der Waals surface area contributed by atoms with E-state index in [9.17, 15) is 9.59 Å². The third-order valence-corrected chi connectivity index (χ3v) is 4.34. The molecule has 0 fully saturated rings. The van der Waals surface area contributed by atoms with Crippen molar-refractivity contribution in [3.8, 4) is 0 Å². The fourth-order valence-corrected chi connectivity index (χ4v) is 3.12. The molecule has 3 rings (SSSR count). The van der Waals surface area contributed by atoms with Crippen LogP contribution in [0.4, 0.5) is 5.69 Å². The van der Waals surface area contributed by atoms with Crippen molar-refractivity contribution in [3.63, 3.8) is 0 Å². The first-order valence-corrected chi connectivity index (χ1v) is 7.86. The van der Waals surface area contributed by atoms with Crippen LogP contribution in [0.2, 0.25) is 10.0 Å². The molecule has 22 heavy (non-hydrogen) atoms. The zero-order chi connectivity index (χ0) is 15.7. The lowest BCUT2D eigenvalue weighted by Gasteiger charge is -2.08. The maximum Gasteiger partial charge on any atom is 0.262 e. The molecule has 3 aromatic rings. The Balaban J connectivity index is 1.81. The Morgan fingerprint density at radius 3 is 2.91 bits per heavy atom. The number of hydrogen-bond acceptors (Lipinski definition) is 4. The van der Waals surface area contributed by atoms with Crippen molar-refractivity contribution >= 4 is 56.3 Å². The monoisotopic (exact) mass is 353 g/mol. The van der Waals surface area contributed by atoms with Crippen molar-refractivity contribution < 1.29 is 4.79 Å². The molecule has 5 nitrogen and oxygen atoms in total.